The Hall–Kier alpha value is -1.27. The van der Waals surface area contributed by atoms with Crippen molar-refractivity contribution >= 4 is 5.78 Å². The molecular weight excluding hydrogens is 236 g/mol. The first-order chi connectivity index (χ1) is 8.66. The molecule has 0 N–H and O–H groups in total. The van der Waals surface area contributed by atoms with Crippen LogP contribution in [0.5, 0.6) is 0 Å². The van der Waals surface area contributed by atoms with Crippen LogP contribution in [0.15, 0.2) is 4.52 Å². The number of ketones is 1. The van der Waals surface area contributed by atoms with E-state index in [0.29, 0.717) is 37.8 Å². The standard InChI is InChI=1S/C12H18N2O4/c1-9(15)3-4-10-13-11(14-18-10)12(16-2)5-7-17-8-6-12/h3-8H2,1-2H3. The molecule has 18 heavy (non-hydrogen) atoms. The van der Waals surface area contributed by atoms with Crippen molar-refractivity contribution in [2.75, 3.05) is 20.3 Å². The van der Waals surface area contributed by atoms with Gasteiger partial charge in [-0.15, -0.1) is 0 Å². The van der Waals surface area contributed by atoms with Gasteiger partial charge in [-0.25, -0.2) is 0 Å². The minimum absolute atomic E-state index is 0.113. The second kappa shape index (κ2) is 5.58. The SMILES string of the molecule is COC1(c2noc(CCC(C)=O)n2)CCOCC1. The first kappa shape index (κ1) is 13.2. The summed E-state index contributed by atoms with van der Waals surface area (Å²) in [5.41, 5.74) is -0.504. The fourth-order valence-electron chi connectivity index (χ4n) is 2.04. The maximum absolute atomic E-state index is 10.9. The van der Waals surface area contributed by atoms with Crippen LogP contribution < -0.4 is 0 Å². The van der Waals surface area contributed by atoms with Crippen molar-refractivity contribution < 1.29 is 18.8 Å². The lowest BCUT2D eigenvalue weighted by Crippen LogP contribution is -2.36. The van der Waals surface area contributed by atoms with Crippen LogP contribution in [0.1, 0.15) is 37.9 Å². The van der Waals surface area contributed by atoms with Gasteiger partial charge in [0.05, 0.1) is 0 Å². The lowest BCUT2D eigenvalue weighted by Gasteiger charge is -2.32. The van der Waals surface area contributed by atoms with Crippen LogP contribution in [0, 0.1) is 0 Å². The van der Waals surface area contributed by atoms with Gasteiger partial charge in [0.1, 0.15) is 11.4 Å². The molecule has 0 bridgehead atoms. The van der Waals surface area contributed by atoms with Gasteiger partial charge in [-0.1, -0.05) is 5.16 Å². The summed E-state index contributed by atoms with van der Waals surface area (Å²) < 4.78 is 16.1. The molecular formula is C12H18N2O4. The highest BCUT2D eigenvalue weighted by atomic mass is 16.5. The summed E-state index contributed by atoms with van der Waals surface area (Å²) in [6, 6.07) is 0. The molecule has 0 aromatic carbocycles. The molecule has 0 radical (unpaired) electrons. The van der Waals surface area contributed by atoms with Crippen LogP contribution in [0.25, 0.3) is 0 Å². The highest BCUT2D eigenvalue weighted by Crippen LogP contribution is 2.33. The molecule has 1 aliphatic heterocycles. The van der Waals surface area contributed by atoms with E-state index < -0.39 is 5.60 Å². The van der Waals surface area contributed by atoms with Crippen molar-refractivity contribution in [3.63, 3.8) is 0 Å². The molecule has 2 rings (SSSR count). The minimum atomic E-state index is -0.504. The summed E-state index contributed by atoms with van der Waals surface area (Å²) in [7, 11) is 1.65. The average Bonchev–Trinajstić information content (AvgIpc) is 2.86. The van der Waals surface area contributed by atoms with Crippen molar-refractivity contribution in [3.8, 4) is 0 Å². The van der Waals surface area contributed by atoms with Gasteiger partial charge in [0.15, 0.2) is 0 Å². The molecule has 100 valence electrons. The zero-order valence-corrected chi connectivity index (χ0v) is 10.8. The predicted octanol–water partition coefficient (Wildman–Crippen LogP) is 1.24. The number of aryl methyl sites for hydroxylation is 1. The molecule has 0 saturated carbocycles. The van der Waals surface area contributed by atoms with Gasteiger partial charge in [0.2, 0.25) is 11.7 Å². The smallest absolute Gasteiger partial charge is 0.227 e. The molecule has 0 amide bonds. The fraction of sp³-hybridized carbons (Fsp3) is 0.750. The van der Waals surface area contributed by atoms with Crippen LogP contribution in [0.3, 0.4) is 0 Å². The first-order valence-corrected chi connectivity index (χ1v) is 6.12. The largest absolute Gasteiger partial charge is 0.381 e. The third kappa shape index (κ3) is 2.76. The highest BCUT2D eigenvalue weighted by Gasteiger charge is 2.39. The van der Waals surface area contributed by atoms with E-state index in [1.54, 1.807) is 14.0 Å². The van der Waals surface area contributed by atoms with Crippen LogP contribution in [-0.2, 0) is 26.3 Å². The number of aromatic nitrogens is 2. The summed E-state index contributed by atoms with van der Waals surface area (Å²) in [5, 5.41) is 3.98. The summed E-state index contributed by atoms with van der Waals surface area (Å²) in [6.45, 7) is 2.81. The van der Waals surface area contributed by atoms with E-state index in [2.05, 4.69) is 10.1 Å². The van der Waals surface area contributed by atoms with E-state index in [1.807, 2.05) is 0 Å². The Bertz CT molecular complexity index is 410. The maximum Gasteiger partial charge on any atom is 0.227 e. The monoisotopic (exact) mass is 254 g/mol. The number of hydrogen-bond donors (Lipinski definition) is 0. The fourth-order valence-corrected chi connectivity index (χ4v) is 2.04. The van der Waals surface area contributed by atoms with E-state index in [0.717, 1.165) is 12.8 Å². The number of hydrogen-bond acceptors (Lipinski definition) is 6. The quantitative estimate of drug-likeness (QED) is 0.787. The number of carbonyl (C=O) groups excluding carboxylic acids is 1. The van der Waals surface area contributed by atoms with Crippen molar-refractivity contribution in [2.24, 2.45) is 0 Å². The third-order valence-electron chi connectivity index (χ3n) is 3.26. The topological polar surface area (TPSA) is 74.5 Å². The molecule has 2 heterocycles. The zero-order valence-electron chi connectivity index (χ0n) is 10.8. The lowest BCUT2D eigenvalue weighted by molar-refractivity contribution is -0.117. The lowest BCUT2D eigenvalue weighted by atomic mass is 9.93. The van der Waals surface area contributed by atoms with E-state index in [4.69, 9.17) is 14.0 Å². The molecule has 1 aliphatic rings. The van der Waals surface area contributed by atoms with Crippen LogP contribution in [0.2, 0.25) is 0 Å². The molecule has 0 aliphatic carbocycles. The highest BCUT2D eigenvalue weighted by molar-refractivity contribution is 5.75. The summed E-state index contributed by atoms with van der Waals surface area (Å²) in [6.07, 6.45) is 2.34. The normalized spacial score (nSPS) is 18.8. The summed E-state index contributed by atoms with van der Waals surface area (Å²) in [4.78, 5) is 15.3. The van der Waals surface area contributed by atoms with Crippen LogP contribution in [-0.4, -0.2) is 36.2 Å². The first-order valence-electron chi connectivity index (χ1n) is 6.12. The second-order valence-electron chi connectivity index (χ2n) is 4.52. The number of carbonyl (C=O) groups is 1. The Morgan fingerprint density at radius 2 is 2.17 bits per heavy atom. The number of Topliss-reactive ketones (excluding diaryl/α,β-unsaturated/α-hetero) is 1. The maximum atomic E-state index is 10.9. The van der Waals surface area contributed by atoms with Crippen molar-refractivity contribution in [3.05, 3.63) is 11.7 Å². The molecule has 6 heteroatoms. The van der Waals surface area contributed by atoms with Gasteiger partial charge < -0.3 is 18.8 Å². The third-order valence-corrected chi connectivity index (χ3v) is 3.26. The second-order valence-corrected chi connectivity index (χ2v) is 4.52. The molecule has 1 saturated heterocycles. The average molecular weight is 254 g/mol. The van der Waals surface area contributed by atoms with Crippen molar-refractivity contribution in [2.45, 2.75) is 38.2 Å². The summed E-state index contributed by atoms with van der Waals surface area (Å²) in [5.74, 6) is 1.16. The van der Waals surface area contributed by atoms with Gasteiger partial charge in [0, 0.05) is 46.0 Å². The molecule has 0 unspecified atom stereocenters. The van der Waals surface area contributed by atoms with E-state index >= 15 is 0 Å². The Morgan fingerprint density at radius 1 is 1.44 bits per heavy atom. The number of ether oxygens (including phenoxy) is 2. The van der Waals surface area contributed by atoms with Gasteiger partial charge >= 0.3 is 0 Å². The Morgan fingerprint density at radius 3 is 2.78 bits per heavy atom. The Balaban J connectivity index is 2.09. The molecule has 1 aromatic rings. The zero-order chi connectivity index (χ0) is 13.0. The number of methoxy groups -OCH3 is 1. The van der Waals surface area contributed by atoms with Crippen LogP contribution in [0.4, 0.5) is 0 Å². The molecule has 0 atom stereocenters. The Kier molecular flexibility index (Phi) is 4.08. The van der Waals surface area contributed by atoms with Gasteiger partial charge in [-0.3, -0.25) is 0 Å². The van der Waals surface area contributed by atoms with Crippen LogP contribution >= 0.6 is 0 Å². The van der Waals surface area contributed by atoms with Crippen molar-refractivity contribution in [1.29, 1.82) is 0 Å². The van der Waals surface area contributed by atoms with E-state index in [9.17, 15) is 4.79 Å². The number of nitrogens with zero attached hydrogens (tertiary/aromatic N) is 2. The van der Waals surface area contributed by atoms with Gasteiger partial charge in [-0.2, -0.15) is 4.98 Å². The number of rotatable bonds is 5. The summed E-state index contributed by atoms with van der Waals surface area (Å²) >= 11 is 0. The molecule has 1 aromatic heterocycles. The molecule has 1 fully saturated rings. The van der Waals surface area contributed by atoms with E-state index in [1.165, 1.54) is 0 Å². The van der Waals surface area contributed by atoms with E-state index in [-0.39, 0.29) is 5.78 Å². The molecule has 0 spiro atoms. The predicted molar refractivity (Wildman–Crippen MR) is 62.0 cm³/mol. The minimum Gasteiger partial charge on any atom is -0.381 e. The van der Waals surface area contributed by atoms with Gasteiger partial charge in [-0.05, 0) is 6.92 Å². The molecule has 6 nitrogen and oxygen atoms in total. The van der Waals surface area contributed by atoms with Gasteiger partial charge in [0.25, 0.3) is 0 Å². The Labute approximate surface area is 106 Å². The van der Waals surface area contributed by atoms with Crippen molar-refractivity contribution in [1.82, 2.24) is 10.1 Å².